The number of carbonyl (C=O) groups is 1. The molecule has 1 rings (SSSR count). The van der Waals surface area contributed by atoms with Crippen molar-refractivity contribution in [3.63, 3.8) is 0 Å². The predicted molar refractivity (Wildman–Crippen MR) is 50.2 cm³/mol. The summed E-state index contributed by atoms with van der Waals surface area (Å²) < 4.78 is 0.582. The van der Waals surface area contributed by atoms with E-state index in [0.29, 0.717) is 27.7 Å². The van der Waals surface area contributed by atoms with E-state index in [0.717, 1.165) is 0 Å². The zero-order valence-electron chi connectivity index (χ0n) is 6.04. The Balaban J connectivity index is 3.41. The van der Waals surface area contributed by atoms with Crippen molar-refractivity contribution in [3.05, 3.63) is 33.6 Å². The van der Waals surface area contributed by atoms with Crippen LogP contribution in [0.3, 0.4) is 0 Å². The summed E-state index contributed by atoms with van der Waals surface area (Å²) in [6.07, 6.45) is 0.634. The summed E-state index contributed by atoms with van der Waals surface area (Å²) in [5, 5.41) is 0. The minimum absolute atomic E-state index is 0.343. The molecule has 0 saturated carbocycles. The van der Waals surface area contributed by atoms with Gasteiger partial charge in [-0.15, -0.1) is 0 Å². The molecule has 0 atom stereocenters. The molecule has 0 radical (unpaired) electrons. The maximum Gasteiger partial charge on any atom is 0.189 e. The lowest BCUT2D eigenvalue weighted by Crippen LogP contribution is -1.93. The van der Waals surface area contributed by atoms with Crippen LogP contribution in [-0.4, -0.2) is 6.29 Å². The summed E-state index contributed by atoms with van der Waals surface area (Å²) in [7, 11) is 0. The number of rotatable bonds is 1. The van der Waals surface area contributed by atoms with E-state index in [2.05, 4.69) is 20.8 Å². The van der Waals surface area contributed by atoms with Gasteiger partial charge < -0.3 is 5.73 Å². The van der Waals surface area contributed by atoms with Crippen molar-refractivity contribution in [2.75, 3.05) is 5.73 Å². The summed E-state index contributed by atoms with van der Waals surface area (Å²) in [6, 6.07) is 3.04. The van der Waals surface area contributed by atoms with Gasteiger partial charge in [-0.2, -0.15) is 0 Å². The van der Waals surface area contributed by atoms with Gasteiger partial charge in [0.2, 0.25) is 0 Å². The van der Waals surface area contributed by atoms with Crippen molar-refractivity contribution in [1.29, 1.82) is 0 Å². The molecule has 0 aliphatic rings. The summed E-state index contributed by atoms with van der Waals surface area (Å²) in [6.45, 7) is 6.73. The van der Waals surface area contributed by atoms with Crippen molar-refractivity contribution in [1.82, 2.24) is 0 Å². The molecule has 0 spiro atoms. The van der Waals surface area contributed by atoms with Crippen molar-refractivity contribution in [2.45, 2.75) is 0 Å². The van der Waals surface area contributed by atoms with Gasteiger partial charge in [0.05, 0.1) is 12.3 Å². The third kappa shape index (κ3) is 1.46. The van der Waals surface area contributed by atoms with Crippen LogP contribution in [0.5, 0.6) is 0 Å². The fourth-order valence-corrected chi connectivity index (χ4v) is 1.25. The molecule has 0 aromatic heterocycles. The minimum atomic E-state index is 0.343. The molecule has 0 fully saturated rings. The molecule has 0 bridgehead atoms. The van der Waals surface area contributed by atoms with Crippen LogP contribution in [0.25, 0.3) is 4.85 Å². The molecule has 0 heterocycles. The summed E-state index contributed by atoms with van der Waals surface area (Å²) in [4.78, 5) is 13.6. The van der Waals surface area contributed by atoms with Gasteiger partial charge in [-0.3, -0.25) is 4.79 Å². The lowest BCUT2D eigenvalue weighted by Gasteiger charge is -2.01. The van der Waals surface area contributed by atoms with Gasteiger partial charge in [0.25, 0.3) is 0 Å². The van der Waals surface area contributed by atoms with Gasteiger partial charge in [-0.05, 0) is 28.1 Å². The van der Waals surface area contributed by atoms with Crippen LogP contribution in [0.2, 0.25) is 0 Å². The Morgan fingerprint density at radius 3 is 2.75 bits per heavy atom. The van der Waals surface area contributed by atoms with Crippen LogP contribution >= 0.6 is 15.9 Å². The number of carbonyl (C=O) groups excluding carboxylic acids is 1. The second-order valence-corrected chi connectivity index (χ2v) is 3.01. The molecule has 0 unspecified atom stereocenters. The molecule has 1 aromatic rings. The van der Waals surface area contributed by atoms with Crippen molar-refractivity contribution in [2.24, 2.45) is 0 Å². The first-order chi connectivity index (χ1) is 5.69. The highest BCUT2D eigenvalue weighted by molar-refractivity contribution is 9.10. The number of benzene rings is 1. The largest absolute Gasteiger partial charge is 0.397 e. The molecular weight excluding hydrogens is 220 g/mol. The molecule has 60 valence electrons. The maximum atomic E-state index is 10.4. The van der Waals surface area contributed by atoms with E-state index < -0.39 is 0 Å². The fourth-order valence-electron chi connectivity index (χ4n) is 0.786. The number of hydrogen-bond donors (Lipinski definition) is 1. The number of halogens is 1. The van der Waals surface area contributed by atoms with Gasteiger partial charge in [0, 0.05) is 10.0 Å². The van der Waals surface area contributed by atoms with E-state index >= 15 is 0 Å². The van der Waals surface area contributed by atoms with Crippen LogP contribution in [0.15, 0.2) is 16.6 Å². The monoisotopic (exact) mass is 224 g/mol. The molecule has 3 nitrogen and oxygen atoms in total. The molecule has 0 aliphatic heterocycles. The van der Waals surface area contributed by atoms with Crippen LogP contribution in [-0.2, 0) is 0 Å². The van der Waals surface area contributed by atoms with Gasteiger partial charge in [0.15, 0.2) is 12.0 Å². The third-order valence-electron chi connectivity index (χ3n) is 1.40. The average Bonchev–Trinajstić information content (AvgIpc) is 2.09. The highest BCUT2D eigenvalue weighted by Crippen LogP contribution is 2.28. The SMILES string of the molecule is [C-]#[N+]c1cc(Br)c(N)c(C=O)c1. The normalized spacial score (nSPS) is 9.00. The number of nitrogens with zero attached hydrogens (tertiary/aromatic N) is 1. The van der Waals surface area contributed by atoms with Crippen molar-refractivity contribution >= 4 is 33.6 Å². The van der Waals surface area contributed by atoms with Gasteiger partial charge >= 0.3 is 0 Å². The van der Waals surface area contributed by atoms with E-state index in [9.17, 15) is 4.79 Å². The number of anilines is 1. The average molecular weight is 225 g/mol. The minimum Gasteiger partial charge on any atom is -0.397 e. The molecular formula is C8H5BrN2O. The highest BCUT2D eigenvalue weighted by atomic mass is 79.9. The number of hydrogen-bond acceptors (Lipinski definition) is 2. The molecule has 0 saturated heterocycles. The second-order valence-electron chi connectivity index (χ2n) is 2.16. The molecule has 12 heavy (non-hydrogen) atoms. The lowest BCUT2D eigenvalue weighted by molar-refractivity contribution is 0.112. The van der Waals surface area contributed by atoms with Crippen molar-refractivity contribution in [3.8, 4) is 0 Å². The Morgan fingerprint density at radius 2 is 2.25 bits per heavy atom. The first-order valence-corrected chi connectivity index (χ1v) is 3.90. The molecule has 4 heteroatoms. The topological polar surface area (TPSA) is 47.5 Å². The summed E-state index contributed by atoms with van der Waals surface area (Å²) in [5.41, 5.74) is 6.65. The third-order valence-corrected chi connectivity index (χ3v) is 2.06. The van der Waals surface area contributed by atoms with Crippen LogP contribution in [0.4, 0.5) is 11.4 Å². The lowest BCUT2D eigenvalue weighted by atomic mass is 10.2. The molecule has 0 amide bonds. The first kappa shape index (κ1) is 8.75. The van der Waals surface area contributed by atoms with Gasteiger partial charge in [0.1, 0.15) is 0 Å². The van der Waals surface area contributed by atoms with Crippen molar-refractivity contribution < 1.29 is 4.79 Å². The molecule has 2 N–H and O–H groups in total. The number of aldehydes is 1. The van der Waals surface area contributed by atoms with Crippen LogP contribution in [0.1, 0.15) is 10.4 Å². The van der Waals surface area contributed by atoms with E-state index in [-0.39, 0.29) is 0 Å². The predicted octanol–water partition coefficient (Wildman–Crippen LogP) is 2.39. The van der Waals surface area contributed by atoms with Gasteiger partial charge in [-0.25, -0.2) is 4.85 Å². The van der Waals surface area contributed by atoms with Gasteiger partial charge in [-0.1, -0.05) is 0 Å². The summed E-state index contributed by atoms with van der Waals surface area (Å²) in [5.74, 6) is 0. The van der Waals surface area contributed by atoms with E-state index in [1.54, 1.807) is 6.07 Å². The van der Waals surface area contributed by atoms with Crippen LogP contribution < -0.4 is 5.73 Å². The Bertz CT molecular complexity index is 368. The summed E-state index contributed by atoms with van der Waals surface area (Å²) >= 11 is 3.15. The zero-order valence-corrected chi connectivity index (χ0v) is 7.63. The highest BCUT2D eigenvalue weighted by Gasteiger charge is 2.04. The second kappa shape index (κ2) is 3.37. The number of nitrogen functional groups attached to an aromatic ring is 1. The standard InChI is InChI=1S/C8H5BrN2O/c1-11-6-2-5(4-12)8(10)7(9)3-6/h2-4H,10H2. The Kier molecular flexibility index (Phi) is 2.46. The quantitative estimate of drug-likeness (QED) is 0.453. The number of nitrogens with two attached hydrogens (primary N) is 1. The fraction of sp³-hybridized carbons (Fsp3) is 0. The first-order valence-electron chi connectivity index (χ1n) is 3.10. The van der Waals surface area contributed by atoms with E-state index in [1.165, 1.54) is 6.07 Å². The van der Waals surface area contributed by atoms with E-state index in [1.807, 2.05) is 0 Å². The molecule has 1 aromatic carbocycles. The molecule has 0 aliphatic carbocycles. The Morgan fingerprint density at radius 1 is 1.58 bits per heavy atom. The van der Waals surface area contributed by atoms with Crippen LogP contribution in [0, 0.1) is 6.57 Å². The van der Waals surface area contributed by atoms with E-state index in [4.69, 9.17) is 12.3 Å². The Hall–Kier alpha value is -1.34. The Labute approximate surface area is 78.1 Å². The zero-order chi connectivity index (χ0) is 9.14. The maximum absolute atomic E-state index is 10.4. The smallest absolute Gasteiger partial charge is 0.189 e.